The van der Waals surface area contributed by atoms with Crippen LogP contribution in [0.2, 0.25) is 0 Å². The average Bonchev–Trinajstić information content (AvgIpc) is 3.07. The van der Waals surface area contributed by atoms with Crippen molar-refractivity contribution in [1.82, 2.24) is 20.3 Å². The van der Waals surface area contributed by atoms with E-state index in [9.17, 15) is 9.18 Å². The van der Waals surface area contributed by atoms with Crippen molar-refractivity contribution < 1.29 is 13.9 Å². The van der Waals surface area contributed by atoms with Crippen LogP contribution in [0.5, 0.6) is 5.75 Å². The Hall–Kier alpha value is -3.22. The Kier molecular flexibility index (Phi) is 6.37. The Bertz CT molecular complexity index is 938. The minimum Gasteiger partial charge on any atom is -0.494 e. The molecule has 6 nitrogen and oxygen atoms in total. The van der Waals surface area contributed by atoms with E-state index in [1.807, 2.05) is 38.1 Å². The fraction of sp³-hybridized carbons (Fsp3) is 0.286. The molecule has 0 bridgehead atoms. The van der Waals surface area contributed by atoms with E-state index < -0.39 is 0 Å². The van der Waals surface area contributed by atoms with Crippen LogP contribution in [0.15, 0.2) is 48.5 Å². The van der Waals surface area contributed by atoms with Gasteiger partial charge in [0.25, 0.3) is 5.91 Å². The van der Waals surface area contributed by atoms with Crippen molar-refractivity contribution in [2.75, 3.05) is 13.2 Å². The largest absolute Gasteiger partial charge is 0.494 e. The van der Waals surface area contributed by atoms with Crippen LogP contribution in [0.1, 0.15) is 34.6 Å². The van der Waals surface area contributed by atoms with Crippen LogP contribution in [-0.2, 0) is 0 Å². The lowest BCUT2D eigenvalue weighted by Gasteiger charge is -2.07. The highest BCUT2D eigenvalue weighted by atomic mass is 19.1. The third-order valence-electron chi connectivity index (χ3n) is 4.29. The number of benzene rings is 2. The lowest BCUT2D eigenvalue weighted by molar-refractivity contribution is 0.0946. The molecular weight excluding hydrogens is 359 g/mol. The number of rotatable bonds is 8. The van der Waals surface area contributed by atoms with Gasteiger partial charge in [-0.25, -0.2) is 9.07 Å². The van der Waals surface area contributed by atoms with E-state index in [1.54, 1.807) is 16.8 Å². The molecule has 7 heteroatoms. The first-order valence-corrected chi connectivity index (χ1v) is 9.20. The van der Waals surface area contributed by atoms with Crippen LogP contribution in [0.4, 0.5) is 4.39 Å². The van der Waals surface area contributed by atoms with Crippen molar-refractivity contribution in [3.05, 3.63) is 71.3 Å². The Morgan fingerprint density at radius 3 is 2.68 bits per heavy atom. The van der Waals surface area contributed by atoms with Crippen LogP contribution in [0, 0.1) is 19.7 Å². The number of hydrogen-bond donors (Lipinski definition) is 1. The van der Waals surface area contributed by atoms with Gasteiger partial charge < -0.3 is 10.1 Å². The van der Waals surface area contributed by atoms with E-state index in [0.29, 0.717) is 30.3 Å². The molecule has 0 unspecified atom stereocenters. The highest BCUT2D eigenvalue weighted by Gasteiger charge is 2.16. The maximum absolute atomic E-state index is 12.8. The molecule has 0 saturated heterocycles. The van der Waals surface area contributed by atoms with Gasteiger partial charge in [-0.15, -0.1) is 5.10 Å². The summed E-state index contributed by atoms with van der Waals surface area (Å²) < 4.78 is 20.0. The van der Waals surface area contributed by atoms with E-state index in [0.717, 1.165) is 24.1 Å². The van der Waals surface area contributed by atoms with E-state index in [2.05, 4.69) is 15.6 Å². The second kappa shape index (κ2) is 9.12. The highest BCUT2D eigenvalue weighted by molar-refractivity contribution is 5.93. The Morgan fingerprint density at radius 2 is 1.93 bits per heavy atom. The fourth-order valence-corrected chi connectivity index (χ4v) is 2.78. The lowest BCUT2D eigenvalue weighted by Crippen LogP contribution is -2.26. The summed E-state index contributed by atoms with van der Waals surface area (Å²) >= 11 is 0. The monoisotopic (exact) mass is 382 g/mol. The number of nitrogens with one attached hydrogen (secondary N) is 1. The highest BCUT2D eigenvalue weighted by Crippen LogP contribution is 2.14. The summed E-state index contributed by atoms with van der Waals surface area (Å²) in [5.41, 5.74) is 3.01. The molecule has 0 radical (unpaired) electrons. The number of aromatic nitrogens is 3. The maximum atomic E-state index is 12.8. The predicted molar refractivity (Wildman–Crippen MR) is 104 cm³/mol. The molecule has 146 valence electrons. The first kappa shape index (κ1) is 19.5. The topological polar surface area (TPSA) is 69.0 Å². The summed E-state index contributed by atoms with van der Waals surface area (Å²) in [4.78, 5) is 12.4. The number of carbonyl (C=O) groups excluding carboxylic acids is 1. The molecule has 0 aliphatic heterocycles. The molecule has 28 heavy (non-hydrogen) atoms. The zero-order valence-corrected chi connectivity index (χ0v) is 16.0. The smallest absolute Gasteiger partial charge is 0.273 e. The van der Waals surface area contributed by atoms with Gasteiger partial charge in [0.05, 0.1) is 18.0 Å². The average molecular weight is 382 g/mol. The first-order chi connectivity index (χ1) is 13.5. The van der Waals surface area contributed by atoms with Crippen molar-refractivity contribution in [3.8, 4) is 11.4 Å². The third kappa shape index (κ3) is 4.94. The number of aryl methyl sites for hydroxylation is 1. The number of nitrogens with zero attached hydrogens (tertiary/aromatic N) is 3. The van der Waals surface area contributed by atoms with E-state index in [4.69, 9.17) is 4.74 Å². The standard InChI is InChI=1S/C21H23FN4O2/c1-15-6-5-7-18(14-15)26-16(2)20(24-25-26)21(27)23-12-3-4-13-28-19-10-8-17(22)9-11-19/h5-11,14H,3-4,12-13H2,1-2H3,(H,23,27). The molecule has 0 aliphatic carbocycles. The zero-order chi connectivity index (χ0) is 19.9. The van der Waals surface area contributed by atoms with Gasteiger partial charge in [0.2, 0.25) is 0 Å². The van der Waals surface area contributed by atoms with Crippen LogP contribution in [0.3, 0.4) is 0 Å². The van der Waals surface area contributed by atoms with Gasteiger partial charge in [-0.2, -0.15) is 0 Å². The molecule has 0 aliphatic rings. The molecule has 1 heterocycles. The number of carbonyl (C=O) groups is 1. The molecule has 0 fully saturated rings. The SMILES string of the molecule is Cc1cccc(-n2nnc(C(=O)NCCCCOc3ccc(F)cc3)c2C)c1. The van der Waals surface area contributed by atoms with Crippen LogP contribution in [-0.4, -0.2) is 34.1 Å². The van der Waals surface area contributed by atoms with Gasteiger partial charge in [-0.3, -0.25) is 4.79 Å². The molecule has 1 N–H and O–H groups in total. The predicted octanol–water partition coefficient (Wildman–Crippen LogP) is 3.61. The zero-order valence-electron chi connectivity index (χ0n) is 16.0. The van der Waals surface area contributed by atoms with Gasteiger partial charge in [-0.05, 0) is 68.7 Å². The molecule has 0 saturated carbocycles. The number of amides is 1. The molecule has 2 aromatic carbocycles. The van der Waals surface area contributed by atoms with Crippen molar-refractivity contribution in [3.63, 3.8) is 0 Å². The van der Waals surface area contributed by atoms with Gasteiger partial charge in [0.1, 0.15) is 11.6 Å². The molecule has 0 atom stereocenters. The Labute approximate surface area is 163 Å². The second-order valence-electron chi connectivity index (χ2n) is 6.54. The molecule has 3 aromatic rings. The normalized spacial score (nSPS) is 10.7. The van der Waals surface area contributed by atoms with Crippen LogP contribution >= 0.6 is 0 Å². The maximum Gasteiger partial charge on any atom is 0.273 e. The van der Waals surface area contributed by atoms with Crippen molar-refractivity contribution in [1.29, 1.82) is 0 Å². The molecular formula is C21H23FN4O2. The summed E-state index contributed by atoms with van der Waals surface area (Å²) in [6.45, 7) is 4.85. The Morgan fingerprint density at radius 1 is 1.14 bits per heavy atom. The summed E-state index contributed by atoms with van der Waals surface area (Å²) in [5, 5.41) is 11.0. The number of unbranched alkanes of at least 4 members (excludes halogenated alkanes) is 1. The molecule has 3 rings (SSSR count). The van der Waals surface area contributed by atoms with Crippen molar-refractivity contribution in [2.24, 2.45) is 0 Å². The number of ether oxygens (including phenoxy) is 1. The lowest BCUT2D eigenvalue weighted by atomic mass is 10.2. The molecule has 1 aromatic heterocycles. The Balaban J connectivity index is 1.44. The first-order valence-electron chi connectivity index (χ1n) is 9.20. The van der Waals surface area contributed by atoms with Gasteiger partial charge in [0, 0.05) is 6.54 Å². The summed E-state index contributed by atoms with van der Waals surface area (Å²) in [6, 6.07) is 13.8. The second-order valence-corrected chi connectivity index (χ2v) is 6.54. The van der Waals surface area contributed by atoms with Gasteiger partial charge in [0.15, 0.2) is 5.69 Å². The van der Waals surface area contributed by atoms with E-state index in [1.165, 1.54) is 12.1 Å². The van der Waals surface area contributed by atoms with E-state index >= 15 is 0 Å². The van der Waals surface area contributed by atoms with E-state index in [-0.39, 0.29) is 11.7 Å². The van der Waals surface area contributed by atoms with Crippen molar-refractivity contribution in [2.45, 2.75) is 26.7 Å². The van der Waals surface area contributed by atoms with Crippen molar-refractivity contribution >= 4 is 5.91 Å². The van der Waals surface area contributed by atoms with Crippen LogP contribution in [0.25, 0.3) is 5.69 Å². The minimum atomic E-state index is -0.287. The summed E-state index contributed by atoms with van der Waals surface area (Å²) in [5.74, 6) is 0.106. The summed E-state index contributed by atoms with van der Waals surface area (Å²) in [7, 11) is 0. The number of halogens is 1. The quantitative estimate of drug-likeness (QED) is 0.604. The number of hydrogen-bond acceptors (Lipinski definition) is 4. The van der Waals surface area contributed by atoms with Gasteiger partial charge >= 0.3 is 0 Å². The third-order valence-corrected chi connectivity index (χ3v) is 4.29. The summed E-state index contributed by atoms with van der Waals surface area (Å²) in [6.07, 6.45) is 1.53. The molecule has 0 spiro atoms. The molecule has 1 amide bonds. The minimum absolute atomic E-state index is 0.240. The fourth-order valence-electron chi connectivity index (χ4n) is 2.78. The van der Waals surface area contributed by atoms with Crippen LogP contribution < -0.4 is 10.1 Å². The van der Waals surface area contributed by atoms with Gasteiger partial charge in [-0.1, -0.05) is 17.3 Å².